The fourth-order valence-corrected chi connectivity index (χ4v) is 5.13. The third-order valence-electron chi connectivity index (χ3n) is 6.19. The van der Waals surface area contributed by atoms with Crippen molar-refractivity contribution in [2.75, 3.05) is 0 Å². The fraction of sp³-hybridized carbons (Fsp3) is 1.00. The Morgan fingerprint density at radius 2 is 1.80 bits per heavy atom. The van der Waals surface area contributed by atoms with Gasteiger partial charge in [-0.15, -0.1) is 0 Å². The fourth-order valence-electron chi connectivity index (χ4n) is 5.13. The first-order valence-electron chi connectivity index (χ1n) is 6.70. The maximum atomic E-state index is 9.81. The van der Waals surface area contributed by atoms with E-state index in [9.17, 15) is 5.11 Å². The van der Waals surface area contributed by atoms with E-state index in [4.69, 9.17) is 0 Å². The van der Waals surface area contributed by atoms with Crippen molar-refractivity contribution < 1.29 is 5.11 Å². The molecule has 15 heavy (non-hydrogen) atoms. The summed E-state index contributed by atoms with van der Waals surface area (Å²) in [6.07, 6.45) is 5.15. The highest BCUT2D eigenvalue weighted by molar-refractivity contribution is 5.09. The third kappa shape index (κ3) is 1.19. The Labute approximate surface area is 93.3 Å². The smallest absolute Gasteiger partial charge is 0.0546 e. The molecule has 6 unspecified atom stereocenters. The SMILES string of the molecule is CC(C)C1(C)CC2CC1C1CC(O)CC21. The average molecular weight is 208 g/mol. The van der Waals surface area contributed by atoms with Crippen molar-refractivity contribution in [2.45, 2.75) is 52.6 Å². The Hall–Kier alpha value is -0.0400. The second-order valence-corrected chi connectivity index (χ2v) is 6.92. The molecule has 0 amide bonds. The molecule has 3 saturated carbocycles. The second kappa shape index (κ2) is 3.00. The molecule has 0 aliphatic heterocycles. The molecule has 3 aliphatic carbocycles. The van der Waals surface area contributed by atoms with Gasteiger partial charge in [-0.25, -0.2) is 0 Å². The number of fused-ring (bicyclic) bond motifs is 5. The molecule has 1 nitrogen and oxygen atoms in total. The van der Waals surface area contributed by atoms with E-state index in [1.807, 2.05) is 0 Å². The lowest BCUT2D eigenvalue weighted by atomic mass is 9.62. The largest absolute Gasteiger partial charge is 0.393 e. The summed E-state index contributed by atoms with van der Waals surface area (Å²) in [6.45, 7) is 7.28. The van der Waals surface area contributed by atoms with Gasteiger partial charge in [-0.2, -0.15) is 0 Å². The van der Waals surface area contributed by atoms with E-state index in [1.54, 1.807) is 0 Å². The van der Waals surface area contributed by atoms with Crippen molar-refractivity contribution in [3.05, 3.63) is 0 Å². The molecule has 6 atom stereocenters. The highest BCUT2D eigenvalue weighted by atomic mass is 16.3. The summed E-state index contributed by atoms with van der Waals surface area (Å²) in [6, 6.07) is 0. The van der Waals surface area contributed by atoms with Crippen LogP contribution in [0.4, 0.5) is 0 Å². The molecular formula is C14H24O. The molecule has 0 heterocycles. The topological polar surface area (TPSA) is 20.2 Å². The summed E-state index contributed by atoms with van der Waals surface area (Å²) in [5, 5.41) is 9.81. The van der Waals surface area contributed by atoms with Crippen LogP contribution in [0.5, 0.6) is 0 Å². The Kier molecular flexibility index (Phi) is 2.03. The molecule has 0 aromatic rings. The maximum absolute atomic E-state index is 9.81. The van der Waals surface area contributed by atoms with Crippen molar-refractivity contribution in [3.8, 4) is 0 Å². The molecule has 0 spiro atoms. The molecular weight excluding hydrogens is 184 g/mol. The van der Waals surface area contributed by atoms with Gasteiger partial charge in [0, 0.05) is 0 Å². The molecule has 0 aromatic carbocycles. The van der Waals surface area contributed by atoms with Crippen LogP contribution in [0.3, 0.4) is 0 Å². The minimum Gasteiger partial charge on any atom is -0.393 e. The van der Waals surface area contributed by atoms with Crippen LogP contribution in [-0.4, -0.2) is 11.2 Å². The normalized spacial score (nSPS) is 57.8. The van der Waals surface area contributed by atoms with E-state index in [-0.39, 0.29) is 6.10 Å². The lowest BCUT2D eigenvalue weighted by molar-refractivity contribution is 0.0531. The molecule has 0 radical (unpaired) electrons. The lowest BCUT2D eigenvalue weighted by Crippen LogP contribution is -2.36. The second-order valence-electron chi connectivity index (χ2n) is 6.92. The van der Waals surface area contributed by atoms with Crippen molar-refractivity contribution in [1.29, 1.82) is 0 Å². The van der Waals surface area contributed by atoms with Gasteiger partial charge in [0.05, 0.1) is 6.10 Å². The van der Waals surface area contributed by atoms with Gasteiger partial charge in [0.15, 0.2) is 0 Å². The van der Waals surface area contributed by atoms with Gasteiger partial charge in [-0.05, 0) is 60.7 Å². The zero-order valence-corrected chi connectivity index (χ0v) is 10.2. The van der Waals surface area contributed by atoms with Gasteiger partial charge in [-0.1, -0.05) is 20.8 Å². The summed E-state index contributed by atoms with van der Waals surface area (Å²) >= 11 is 0. The first-order chi connectivity index (χ1) is 7.02. The molecule has 0 saturated heterocycles. The molecule has 3 aliphatic rings. The van der Waals surface area contributed by atoms with Crippen LogP contribution >= 0.6 is 0 Å². The van der Waals surface area contributed by atoms with Crippen LogP contribution in [0.15, 0.2) is 0 Å². The minimum absolute atomic E-state index is 0.0276. The minimum atomic E-state index is 0.0276. The summed E-state index contributed by atoms with van der Waals surface area (Å²) < 4.78 is 0. The Balaban J connectivity index is 1.87. The summed E-state index contributed by atoms with van der Waals surface area (Å²) in [7, 11) is 0. The van der Waals surface area contributed by atoms with Gasteiger partial charge >= 0.3 is 0 Å². The zero-order chi connectivity index (χ0) is 10.8. The van der Waals surface area contributed by atoms with E-state index < -0.39 is 0 Å². The highest BCUT2D eigenvalue weighted by Crippen LogP contribution is 2.67. The summed E-state index contributed by atoms with van der Waals surface area (Å²) in [4.78, 5) is 0. The van der Waals surface area contributed by atoms with Crippen LogP contribution in [0.2, 0.25) is 0 Å². The van der Waals surface area contributed by atoms with Crippen LogP contribution < -0.4 is 0 Å². The maximum Gasteiger partial charge on any atom is 0.0546 e. The van der Waals surface area contributed by atoms with Crippen molar-refractivity contribution in [3.63, 3.8) is 0 Å². The molecule has 1 heteroatoms. The zero-order valence-electron chi connectivity index (χ0n) is 10.2. The highest BCUT2D eigenvalue weighted by Gasteiger charge is 2.60. The predicted octanol–water partition coefficient (Wildman–Crippen LogP) is 3.08. The van der Waals surface area contributed by atoms with Crippen molar-refractivity contribution in [1.82, 2.24) is 0 Å². The number of hydrogen-bond donors (Lipinski definition) is 1. The number of aliphatic hydroxyl groups excluding tert-OH is 1. The average Bonchev–Trinajstić information content (AvgIpc) is 2.73. The third-order valence-corrected chi connectivity index (χ3v) is 6.19. The predicted molar refractivity (Wildman–Crippen MR) is 61.4 cm³/mol. The Morgan fingerprint density at radius 3 is 2.47 bits per heavy atom. The number of rotatable bonds is 1. The van der Waals surface area contributed by atoms with E-state index in [2.05, 4.69) is 20.8 Å². The first kappa shape index (κ1) is 10.1. The molecule has 3 rings (SSSR count). The van der Waals surface area contributed by atoms with Crippen LogP contribution in [-0.2, 0) is 0 Å². The van der Waals surface area contributed by atoms with Crippen molar-refractivity contribution in [2.24, 2.45) is 35.0 Å². The standard InChI is InChI=1S/C14H24O/c1-8(2)14(3)7-9-4-13(14)12-6-10(15)5-11(9)12/h8-13,15H,4-7H2,1-3H3. The van der Waals surface area contributed by atoms with Crippen LogP contribution in [0.1, 0.15) is 46.5 Å². The monoisotopic (exact) mass is 208 g/mol. The van der Waals surface area contributed by atoms with Gasteiger partial charge in [0.1, 0.15) is 0 Å². The Bertz CT molecular complexity index is 273. The lowest BCUT2D eigenvalue weighted by Gasteiger charge is -2.43. The molecule has 2 bridgehead atoms. The quantitative estimate of drug-likeness (QED) is 0.702. The first-order valence-corrected chi connectivity index (χ1v) is 6.70. The molecule has 1 N–H and O–H groups in total. The van der Waals surface area contributed by atoms with Gasteiger partial charge in [-0.3, -0.25) is 0 Å². The van der Waals surface area contributed by atoms with Gasteiger partial charge < -0.3 is 5.11 Å². The molecule has 0 aromatic heterocycles. The number of aliphatic hydroxyl groups is 1. The van der Waals surface area contributed by atoms with Gasteiger partial charge in [0.25, 0.3) is 0 Å². The van der Waals surface area contributed by atoms with E-state index in [0.717, 1.165) is 42.4 Å². The van der Waals surface area contributed by atoms with Crippen LogP contribution in [0, 0.1) is 35.0 Å². The van der Waals surface area contributed by atoms with Gasteiger partial charge in [0.2, 0.25) is 0 Å². The molecule has 86 valence electrons. The van der Waals surface area contributed by atoms with E-state index in [0.29, 0.717) is 5.41 Å². The summed E-state index contributed by atoms with van der Waals surface area (Å²) in [5.74, 6) is 4.43. The van der Waals surface area contributed by atoms with Crippen LogP contribution in [0.25, 0.3) is 0 Å². The number of hydrogen-bond acceptors (Lipinski definition) is 1. The van der Waals surface area contributed by atoms with Crippen molar-refractivity contribution >= 4 is 0 Å². The summed E-state index contributed by atoms with van der Waals surface area (Å²) in [5.41, 5.74) is 0.579. The van der Waals surface area contributed by atoms with E-state index in [1.165, 1.54) is 12.8 Å². The van der Waals surface area contributed by atoms with E-state index >= 15 is 0 Å². The Morgan fingerprint density at radius 1 is 1.13 bits per heavy atom. The molecule has 3 fully saturated rings.